The lowest BCUT2D eigenvalue weighted by atomic mass is 10.1. The number of esters is 1. The Bertz CT molecular complexity index is 323. The molecule has 0 bridgehead atoms. The summed E-state index contributed by atoms with van der Waals surface area (Å²) in [6, 6.07) is 0. The second-order valence-electron chi connectivity index (χ2n) is 3.97. The van der Waals surface area contributed by atoms with Crippen molar-refractivity contribution in [2.45, 2.75) is 25.7 Å². The van der Waals surface area contributed by atoms with E-state index in [2.05, 4.69) is 5.32 Å². The first-order valence-corrected chi connectivity index (χ1v) is 6.23. The van der Waals surface area contributed by atoms with E-state index in [4.69, 9.17) is 14.6 Å². The van der Waals surface area contributed by atoms with E-state index in [1.807, 2.05) is 19.2 Å². The lowest BCUT2D eigenvalue weighted by Gasteiger charge is -2.15. The minimum Gasteiger partial charge on any atom is -0.498 e. The van der Waals surface area contributed by atoms with Gasteiger partial charge in [-0.15, -0.1) is 0 Å². The predicted molar refractivity (Wildman–Crippen MR) is 67.7 cm³/mol. The summed E-state index contributed by atoms with van der Waals surface area (Å²) in [6.07, 6.45) is 6.77. The van der Waals surface area contributed by atoms with Crippen molar-refractivity contribution in [1.82, 2.24) is 5.32 Å². The summed E-state index contributed by atoms with van der Waals surface area (Å²) in [5, 5.41) is 11.6. The largest absolute Gasteiger partial charge is 0.498 e. The highest BCUT2D eigenvalue weighted by Gasteiger charge is 2.07. The van der Waals surface area contributed by atoms with Crippen LogP contribution in [-0.4, -0.2) is 37.9 Å². The number of hydrogen-bond donors (Lipinski definition) is 2. The fourth-order valence-corrected chi connectivity index (χ4v) is 1.60. The van der Waals surface area contributed by atoms with Crippen LogP contribution in [0.4, 0.5) is 0 Å². The Morgan fingerprint density at radius 1 is 1.39 bits per heavy atom. The Morgan fingerprint density at radius 3 is 2.83 bits per heavy atom. The summed E-state index contributed by atoms with van der Waals surface area (Å²) in [7, 11) is 1.91. The molecule has 18 heavy (non-hydrogen) atoms. The van der Waals surface area contributed by atoms with Crippen molar-refractivity contribution >= 4 is 5.97 Å². The summed E-state index contributed by atoms with van der Waals surface area (Å²) in [5.74, 6) is 0.667. The predicted octanol–water partition coefficient (Wildman–Crippen LogP) is 1.10. The van der Waals surface area contributed by atoms with Crippen molar-refractivity contribution in [2.75, 3.05) is 26.9 Å². The van der Waals surface area contributed by atoms with Crippen LogP contribution in [0.1, 0.15) is 25.7 Å². The van der Waals surface area contributed by atoms with Gasteiger partial charge in [0, 0.05) is 25.6 Å². The van der Waals surface area contributed by atoms with Crippen LogP contribution >= 0.6 is 0 Å². The van der Waals surface area contributed by atoms with Gasteiger partial charge in [-0.3, -0.25) is 4.79 Å². The van der Waals surface area contributed by atoms with Crippen LogP contribution in [0.25, 0.3) is 0 Å². The SMILES string of the molecule is CNC1=CC=C(OCCCC(=O)OCCO)CC1. The molecule has 0 amide bonds. The van der Waals surface area contributed by atoms with E-state index in [1.165, 1.54) is 5.70 Å². The van der Waals surface area contributed by atoms with Crippen LogP contribution in [0.15, 0.2) is 23.6 Å². The third-order valence-electron chi connectivity index (χ3n) is 2.60. The number of nitrogens with one attached hydrogen (secondary N) is 1. The van der Waals surface area contributed by atoms with Crippen molar-refractivity contribution in [3.63, 3.8) is 0 Å². The summed E-state index contributed by atoms with van der Waals surface area (Å²) in [6.45, 7) is 0.459. The second-order valence-corrected chi connectivity index (χ2v) is 3.97. The maximum absolute atomic E-state index is 11.1. The molecule has 0 aliphatic heterocycles. The molecule has 1 aliphatic rings. The number of allylic oxidation sites excluding steroid dienone is 4. The van der Waals surface area contributed by atoms with Crippen LogP contribution in [0.2, 0.25) is 0 Å². The van der Waals surface area contributed by atoms with Gasteiger partial charge in [-0.1, -0.05) is 0 Å². The maximum Gasteiger partial charge on any atom is 0.305 e. The lowest BCUT2D eigenvalue weighted by Crippen LogP contribution is -2.11. The molecule has 102 valence electrons. The molecule has 0 spiro atoms. The molecule has 0 unspecified atom stereocenters. The van der Waals surface area contributed by atoms with E-state index in [9.17, 15) is 4.79 Å². The number of aliphatic hydroxyl groups excluding tert-OH is 1. The van der Waals surface area contributed by atoms with Crippen molar-refractivity contribution < 1.29 is 19.4 Å². The first-order chi connectivity index (χ1) is 8.76. The van der Waals surface area contributed by atoms with Gasteiger partial charge in [0.15, 0.2) is 0 Å². The molecule has 0 heterocycles. The topological polar surface area (TPSA) is 67.8 Å². The molecule has 0 aromatic carbocycles. The quantitative estimate of drug-likeness (QED) is 0.502. The Morgan fingerprint density at radius 2 is 2.22 bits per heavy atom. The zero-order valence-electron chi connectivity index (χ0n) is 10.8. The number of ether oxygens (including phenoxy) is 2. The van der Waals surface area contributed by atoms with Gasteiger partial charge >= 0.3 is 5.97 Å². The second kappa shape index (κ2) is 8.58. The van der Waals surface area contributed by atoms with Crippen molar-refractivity contribution in [2.24, 2.45) is 0 Å². The molecule has 0 aromatic rings. The molecule has 0 saturated carbocycles. The third kappa shape index (κ3) is 5.72. The number of carbonyl (C=O) groups excluding carboxylic acids is 1. The van der Waals surface area contributed by atoms with E-state index in [0.29, 0.717) is 19.4 Å². The third-order valence-corrected chi connectivity index (χ3v) is 2.60. The number of aliphatic hydroxyl groups is 1. The van der Waals surface area contributed by atoms with E-state index in [-0.39, 0.29) is 19.2 Å². The average Bonchev–Trinajstić information content (AvgIpc) is 2.42. The number of hydrogen-bond acceptors (Lipinski definition) is 5. The molecule has 1 aliphatic carbocycles. The van der Waals surface area contributed by atoms with E-state index >= 15 is 0 Å². The highest BCUT2D eigenvalue weighted by molar-refractivity contribution is 5.69. The Labute approximate surface area is 107 Å². The van der Waals surface area contributed by atoms with E-state index < -0.39 is 0 Å². The molecule has 0 aromatic heterocycles. The normalized spacial score (nSPS) is 14.6. The molecular formula is C13H21NO4. The van der Waals surface area contributed by atoms with E-state index in [0.717, 1.165) is 18.6 Å². The standard InChI is InChI=1S/C13H21NO4/c1-14-11-4-6-12(7-5-11)17-9-2-3-13(16)18-10-8-15/h4,6,14-15H,2-3,5,7-10H2,1H3. The van der Waals surface area contributed by atoms with Crippen LogP contribution in [0.3, 0.4) is 0 Å². The molecule has 0 atom stereocenters. The highest BCUT2D eigenvalue weighted by Crippen LogP contribution is 2.17. The van der Waals surface area contributed by atoms with Gasteiger partial charge in [0.1, 0.15) is 6.61 Å². The average molecular weight is 255 g/mol. The van der Waals surface area contributed by atoms with Crippen LogP contribution in [0, 0.1) is 0 Å². The van der Waals surface area contributed by atoms with Gasteiger partial charge in [-0.25, -0.2) is 0 Å². The minimum absolute atomic E-state index is 0.0719. The fraction of sp³-hybridized carbons (Fsp3) is 0.615. The molecule has 0 radical (unpaired) electrons. The molecule has 1 rings (SSSR count). The number of carbonyl (C=O) groups is 1. The molecule has 0 fully saturated rings. The summed E-state index contributed by atoms with van der Waals surface area (Å²) < 4.78 is 10.3. The van der Waals surface area contributed by atoms with Gasteiger partial charge < -0.3 is 19.9 Å². The lowest BCUT2D eigenvalue weighted by molar-refractivity contribution is -0.144. The van der Waals surface area contributed by atoms with Crippen LogP contribution in [0.5, 0.6) is 0 Å². The van der Waals surface area contributed by atoms with E-state index in [1.54, 1.807) is 0 Å². The van der Waals surface area contributed by atoms with Gasteiger partial charge in [0.2, 0.25) is 0 Å². The van der Waals surface area contributed by atoms with Crippen molar-refractivity contribution in [1.29, 1.82) is 0 Å². The van der Waals surface area contributed by atoms with Crippen LogP contribution < -0.4 is 5.32 Å². The van der Waals surface area contributed by atoms with Crippen molar-refractivity contribution in [3.05, 3.63) is 23.6 Å². The summed E-state index contributed by atoms with van der Waals surface area (Å²) in [5.41, 5.74) is 1.20. The molecule has 5 nitrogen and oxygen atoms in total. The maximum atomic E-state index is 11.1. The Kier molecular flexibility index (Phi) is 6.94. The minimum atomic E-state index is -0.289. The van der Waals surface area contributed by atoms with Gasteiger partial charge in [0.25, 0.3) is 0 Å². The fourth-order valence-electron chi connectivity index (χ4n) is 1.60. The van der Waals surface area contributed by atoms with Gasteiger partial charge in [-0.2, -0.15) is 0 Å². The number of rotatable bonds is 8. The summed E-state index contributed by atoms with van der Waals surface area (Å²) >= 11 is 0. The Hall–Kier alpha value is -1.49. The van der Waals surface area contributed by atoms with Crippen molar-refractivity contribution in [3.8, 4) is 0 Å². The Balaban J connectivity index is 2.10. The molecular weight excluding hydrogens is 234 g/mol. The molecule has 2 N–H and O–H groups in total. The smallest absolute Gasteiger partial charge is 0.305 e. The zero-order chi connectivity index (χ0) is 13.2. The molecule has 5 heteroatoms. The van der Waals surface area contributed by atoms with Gasteiger partial charge in [-0.05, 0) is 25.0 Å². The van der Waals surface area contributed by atoms with Crippen LogP contribution in [-0.2, 0) is 14.3 Å². The first kappa shape index (κ1) is 14.6. The first-order valence-electron chi connectivity index (χ1n) is 6.23. The zero-order valence-corrected chi connectivity index (χ0v) is 10.8. The molecule has 0 saturated heterocycles. The van der Waals surface area contributed by atoms with Gasteiger partial charge in [0.05, 0.1) is 19.0 Å². The monoisotopic (exact) mass is 255 g/mol. The summed E-state index contributed by atoms with van der Waals surface area (Å²) in [4.78, 5) is 11.1. The highest BCUT2D eigenvalue weighted by atomic mass is 16.5.